The summed E-state index contributed by atoms with van der Waals surface area (Å²) < 4.78 is 14.2. The van der Waals surface area contributed by atoms with Crippen molar-refractivity contribution in [2.75, 3.05) is 5.32 Å². The predicted octanol–water partition coefficient (Wildman–Crippen LogP) is 3.04. The van der Waals surface area contributed by atoms with Gasteiger partial charge in [0.2, 0.25) is 5.91 Å². The highest BCUT2D eigenvalue weighted by molar-refractivity contribution is 9.10. The molecular formula is C13H16BrFN2O. The molecule has 0 heterocycles. The fourth-order valence-corrected chi connectivity index (χ4v) is 2.68. The van der Waals surface area contributed by atoms with E-state index >= 15 is 0 Å². The molecular weight excluding hydrogens is 299 g/mol. The predicted molar refractivity (Wildman–Crippen MR) is 72.7 cm³/mol. The number of hydrogen-bond donors (Lipinski definition) is 2. The molecule has 0 saturated heterocycles. The van der Waals surface area contributed by atoms with Gasteiger partial charge in [-0.05, 0) is 37.0 Å². The van der Waals surface area contributed by atoms with E-state index in [4.69, 9.17) is 5.73 Å². The van der Waals surface area contributed by atoms with Gasteiger partial charge in [0.25, 0.3) is 0 Å². The second-order valence-electron chi connectivity index (χ2n) is 4.73. The number of amides is 1. The van der Waals surface area contributed by atoms with E-state index in [-0.39, 0.29) is 23.6 Å². The van der Waals surface area contributed by atoms with Gasteiger partial charge in [-0.15, -0.1) is 0 Å². The standard InChI is InChI=1S/C13H16BrFN2O/c14-9-4-5-12(10(15)7-9)17-13(18)6-8-2-1-3-11(8)16/h4-5,7-8,11H,1-3,6,16H2,(H,17,18)/t8-,11+/m0/s1. The fraction of sp³-hybridized carbons (Fsp3) is 0.462. The zero-order chi connectivity index (χ0) is 13.1. The fourth-order valence-electron chi connectivity index (χ4n) is 2.35. The Labute approximate surface area is 114 Å². The van der Waals surface area contributed by atoms with Crippen LogP contribution < -0.4 is 11.1 Å². The normalized spacial score (nSPS) is 23.1. The Hall–Kier alpha value is -0.940. The minimum Gasteiger partial charge on any atom is -0.327 e. The van der Waals surface area contributed by atoms with Crippen molar-refractivity contribution in [1.82, 2.24) is 0 Å². The molecule has 0 radical (unpaired) electrons. The van der Waals surface area contributed by atoms with Gasteiger partial charge in [0.1, 0.15) is 5.82 Å². The van der Waals surface area contributed by atoms with Crippen molar-refractivity contribution in [1.29, 1.82) is 0 Å². The van der Waals surface area contributed by atoms with E-state index in [0.29, 0.717) is 10.9 Å². The highest BCUT2D eigenvalue weighted by Crippen LogP contribution is 2.27. The molecule has 5 heteroatoms. The Morgan fingerprint density at radius 1 is 1.50 bits per heavy atom. The van der Waals surface area contributed by atoms with E-state index in [0.717, 1.165) is 19.3 Å². The molecule has 0 aromatic heterocycles. The van der Waals surface area contributed by atoms with Gasteiger partial charge < -0.3 is 11.1 Å². The molecule has 1 fully saturated rings. The maximum Gasteiger partial charge on any atom is 0.224 e. The molecule has 0 unspecified atom stereocenters. The van der Waals surface area contributed by atoms with Gasteiger partial charge >= 0.3 is 0 Å². The summed E-state index contributed by atoms with van der Waals surface area (Å²) in [5.41, 5.74) is 6.13. The van der Waals surface area contributed by atoms with Crippen LogP contribution in [-0.4, -0.2) is 11.9 Å². The van der Waals surface area contributed by atoms with Crippen LogP contribution in [0.15, 0.2) is 22.7 Å². The molecule has 0 spiro atoms. The van der Waals surface area contributed by atoms with Gasteiger partial charge in [-0.25, -0.2) is 4.39 Å². The number of halogens is 2. The Bertz CT molecular complexity index is 453. The second-order valence-corrected chi connectivity index (χ2v) is 5.65. The molecule has 3 nitrogen and oxygen atoms in total. The highest BCUT2D eigenvalue weighted by atomic mass is 79.9. The first-order chi connectivity index (χ1) is 8.56. The minimum atomic E-state index is -0.437. The number of carbonyl (C=O) groups is 1. The van der Waals surface area contributed by atoms with Crippen LogP contribution in [0, 0.1) is 11.7 Å². The van der Waals surface area contributed by atoms with Crippen LogP contribution in [0.4, 0.5) is 10.1 Å². The number of carbonyl (C=O) groups excluding carboxylic acids is 1. The van der Waals surface area contributed by atoms with Gasteiger partial charge in [-0.3, -0.25) is 4.79 Å². The van der Waals surface area contributed by atoms with Gasteiger partial charge in [-0.1, -0.05) is 22.4 Å². The molecule has 0 bridgehead atoms. The summed E-state index contributed by atoms with van der Waals surface area (Å²) in [6.45, 7) is 0. The third-order valence-corrected chi connectivity index (χ3v) is 3.86. The molecule has 0 aliphatic heterocycles. The monoisotopic (exact) mass is 314 g/mol. The van der Waals surface area contributed by atoms with Gasteiger partial charge in [0.15, 0.2) is 0 Å². The summed E-state index contributed by atoms with van der Waals surface area (Å²) in [5, 5.41) is 2.59. The number of anilines is 1. The number of nitrogens with two attached hydrogens (primary N) is 1. The Kier molecular flexibility index (Phi) is 4.35. The zero-order valence-corrected chi connectivity index (χ0v) is 11.5. The molecule has 1 saturated carbocycles. The summed E-state index contributed by atoms with van der Waals surface area (Å²) in [4.78, 5) is 11.8. The number of benzene rings is 1. The first kappa shape index (κ1) is 13.5. The van der Waals surface area contributed by atoms with Crippen molar-refractivity contribution in [2.45, 2.75) is 31.7 Å². The highest BCUT2D eigenvalue weighted by Gasteiger charge is 2.26. The first-order valence-electron chi connectivity index (χ1n) is 6.07. The molecule has 98 valence electrons. The van der Waals surface area contributed by atoms with Crippen LogP contribution in [0.1, 0.15) is 25.7 Å². The largest absolute Gasteiger partial charge is 0.327 e. The lowest BCUT2D eigenvalue weighted by molar-refractivity contribution is -0.117. The SMILES string of the molecule is N[C@@H]1CCC[C@H]1CC(=O)Nc1ccc(Br)cc1F. The quantitative estimate of drug-likeness (QED) is 0.901. The number of nitrogens with one attached hydrogen (secondary N) is 1. The van der Waals surface area contributed by atoms with Gasteiger partial charge in [0, 0.05) is 16.9 Å². The maximum atomic E-state index is 13.5. The average Bonchev–Trinajstić information content (AvgIpc) is 2.69. The summed E-state index contributed by atoms with van der Waals surface area (Å²) >= 11 is 3.17. The molecule has 1 aromatic rings. The topological polar surface area (TPSA) is 55.1 Å². The molecule has 2 atom stereocenters. The molecule has 1 aromatic carbocycles. The second kappa shape index (κ2) is 5.80. The third kappa shape index (κ3) is 3.29. The van der Waals surface area contributed by atoms with Crippen LogP contribution >= 0.6 is 15.9 Å². The molecule has 3 N–H and O–H groups in total. The van der Waals surface area contributed by atoms with E-state index in [9.17, 15) is 9.18 Å². The lowest BCUT2D eigenvalue weighted by atomic mass is 10.00. The van der Waals surface area contributed by atoms with Crippen molar-refractivity contribution in [3.8, 4) is 0 Å². The molecule has 1 aliphatic rings. The van der Waals surface area contributed by atoms with Gasteiger partial charge in [0.05, 0.1) is 5.69 Å². The van der Waals surface area contributed by atoms with Crippen molar-refractivity contribution in [3.63, 3.8) is 0 Å². The van der Waals surface area contributed by atoms with Crippen LogP contribution in [0.3, 0.4) is 0 Å². The average molecular weight is 315 g/mol. The number of hydrogen-bond acceptors (Lipinski definition) is 2. The number of rotatable bonds is 3. The lowest BCUT2D eigenvalue weighted by Gasteiger charge is -2.15. The van der Waals surface area contributed by atoms with Crippen LogP contribution in [0.25, 0.3) is 0 Å². The summed E-state index contributed by atoms with van der Waals surface area (Å²) in [6.07, 6.45) is 3.41. The van der Waals surface area contributed by atoms with E-state index < -0.39 is 5.82 Å². The molecule has 2 rings (SSSR count). The molecule has 1 amide bonds. The van der Waals surface area contributed by atoms with Crippen molar-refractivity contribution < 1.29 is 9.18 Å². The molecule has 1 aliphatic carbocycles. The summed E-state index contributed by atoms with van der Waals surface area (Å²) in [5.74, 6) is -0.379. The third-order valence-electron chi connectivity index (χ3n) is 3.37. The van der Waals surface area contributed by atoms with E-state index in [1.165, 1.54) is 6.07 Å². The Morgan fingerprint density at radius 2 is 2.28 bits per heavy atom. The van der Waals surface area contributed by atoms with Crippen LogP contribution in [0.5, 0.6) is 0 Å². The van der Waals surface area contributed by atoms with Crippen molar-refractivity contribution >= 4 is 27.5 Å². The Morgan fingerprint density at radius 3 is 2.89 bits per heavy atom. The summed E-state index contributed by atoms with van der Waals surface area (Å²) in [7, 11) is 0. The summed E-state index contributed by atoms with van der Waals surface area (Å²) in [6, 6.07) is 4.67. The van der Waals surface area contributed by atoms with Crippen molar-refractivity contribution in [2.24, 2.45) is 11.7 Å². The molecule has 18 heavy (non-hydrogen) atoms. The first-order valence-corrected chi connectivity index (χ1v) is 6.86. The van der Waals surface area contributed by atoms with E-state index in [2.05, 4.69) is 21.2 Å². The van der Waals surface area contributed by atoms with Crippen LogP contribution in [-0.2, 0) is 4.79 Å². The minimum absolute atomic E-state index is 0.102. The van der Waals surface area contributed by atoms with Crippen LogP contribution in [0.2, 0.25) is 0 Å². The Balaban J connectivity index is 1.94. The lowest BCUT2D eigenvalue weighted by Crippen LogP contribution is -2.28. The van der Waals surface area contributed by atoms with E-state index in [1.54, 1.807) is 12.1 Å². The maximum absolute atomic E-state index is 13.5. The van der Waals surface area contributed by atoms with E-state index in [1.807, 2.05) is 0 Å². The van der Waals surface area contributed by atoms with Gasteiger partial charge in [-0.2, -0.15) is 0 Å². The van der Waals surface area contributed by atoms with Crippen molar-refractivity contribution in [3.05, 3.63) is 28.5 Å². The zero-order valence-electron chi connectivity index (χ0n) is 9.96. The smallest absolute Gasteiger partial charge is 0.224 e.